The summed E-state index contributed by atoms with van der Waals surface area (Å²) in [5.41, 5.74) is 0. The van der Waals surface area contributed by atoms with Crippen LogP contribution >= 0.6 is 0 Å². The van der Waals surface area contributed by atoms with Gasteiger partial charge in [-0.25, -0.2) is 0 Å². The molecule has 0 aromatic carbocycles. The van der Waals surface area contributed by atoms with Crippen molar-refractivity contribution in [3.8, 4) is 0 Å². The molecule has 1 aromatic heterocycles. The Balaban J connectivity index is -0.0000000240. The predicted molar refractivity (Wildman–Crippen MR) is 30.0 cm³/mol. The van der Waals surface area contributed by atoms with Crippen LogP contribution in [0.1, 0.15) is 0 Å². The average Bonchev–Trinajstić information content (AvgIpc) is 1.72. The molecule has 0 aliphatic carbocycles. The molecule has 0 radical (unpaired) electrons. The van der Waals surface area contributed by atoms with E-state index in [0.29, 0.717) is 0 Å². The second-order valence-electron chi connectivity index (χ2n) is 1.02. The third kappa shape index (κ3) is 17.7. The fourth-order valence-electron chi connectivity index (χ4n) is 0.313. The molecule has 1 rings (SSSR count). The van der Waals surface area contributed by atoms with Gasteiger partial charge in [-0.1, -0.05) is 6.07 Å². The molecule has 64 valence electrons. The van der Waals surface area contributed by atoms with Gasteiger partial charge in [0, 0.05) is 12.4 Å². The Hall–Kier alpha value is -0.508. The Morgan fingerprint density at radius 1 is 0.727 bits per heavy atom. The summed E-state index contributed by atoms with van der Waals surface area (Å²) in [6.45, 7) is 0. The molecule has 0 saturated heterocycles. The van der Waals surface area contributed by atoms with Crippen LogP contribution in [0.3, 0.4) is 0 Å². The van der Waals surface area contributed by atoms with Crippen molar-refractivity contribution in [2.24, 2.45) is 0 Å². The van der Waals surface area contributed by atoms with E-state index < -0.39 is 0 Å². The third-order valence-corrected chi connectivity index (χ3v) is 0.566. The van der Waals surface area contributed by atoms with Crippen molar-refractivity contribution in [2.75, 3.05) is 0 Å². The van der Waals surface area contributed by atoms with Crippen molar-refractivity contribution < 1.29 is 38.5 Å². The van der Waals surface area contributed by atoms with Crippen molar-refractivity contribution in [3.63, 3.8) is 0 Å². The van der Waals surface area contributed by atoms with E-state index in [2.05, 4.69) is 4.98 Å². The van der Waals surface area contributed by atoms with Crippen LogP contribution in [0.4, 0.5) is 0 Å². The first-order valence-corrected chi connectivity index (χ1v) is 1.85. The van der Waals surface area contributed by atoms with Crippen LogP contribution < -0.4 is 4.70 Å². The first-order valence-electron chi connectivity index (χ1n) is 1.85. The Bertz CT molecular complexity index is 93.7. The summed E-state index contributed by atoms with van der Waals surface area (Å²) in [4.78, 5) is 3.78. The molecule has 4 nitrogen and oxygen atoms in total. The van der Waals surface area contributed by atoms with Crippen LogP contribution in [0.15, 0.2) is 30.6 Å². The molecule has 3 N–H and O–H groups in total. The van der Waals surface area contributed by atoms with E-state index in [1.807, 2.05) is 18.2 Å². The minimum absolute atomic E-state index is 0. The van der Waals surface area contributed by atoms with Crippen LogP contribution in [0, 0.1) is 0 Å². The van der Waals surface area contributed by atoms with Crippen LogP contribution in [-0.2, 0) is 17.4 Å². The van der Waals surface area contributed by atoms with Gasteiger partial charge in [0.1, 0.15) is 0 Å². The topological polar surface area (TPSA) is 103 Å². The van der Waals surface area contributed by atoms with Crippen molar-refractivity contribution >= 4 is 0 Å². The summed E-state index contributed by atoms with van der Waals surface area (Å²) in [7, 11) is 0. The zero-order valence-electron chi connectivity index (χ0n) is 5.46. The summed E-state index contributed by atoms with van der Waals surface area (Å²) in [5, 5.41) is 0. The molecular weight excluding hydrogens is 193 g/mol. The fraction of sp³-hybridized carbons (Fsp3) is 0. The van der Waals surface area contributed by atoms with Gasteiger partial charge in [0.05, 0.1) is 0 Å². The second kappa shape index (κ2) is 22.7. The van der Waals surface area contributed by atoms with Gasteiger partial charge in [-0.2, -0.15) is 0 Å². The molecule has 0 amide bonds. The van der Waals surface area contributed by atoms with E-state index in [-0.39, 0.29) is 38.5 Å². The molecule has 0 unspecified atom stereocenters. The Labute approximate surface area is 74.7 Å². The maximum atomic E-state index is 3.78. The minimum Gasteiger partial charge on any atom is -1.00 e. The van der Waals surface area contributed by atoms with Gasteiger partial charge < -0.3 is 21.1 Å². The van der Waals surface area contributed by atoms with Gasteiger partial charge in [0.15, 0.2) is 0 Å². The Kier molecular flexibility index (Phi) is 64.7. The smallest absolute Gasteiger partial charge is 1.00 e. The second-order valence-corrected chi connectivity index (χ2v) is 1.02. The molecule has 0 spiro atoms. The summed E-state index contributed by atoms with van der Waals surface area (Å²) in [5.74, 6) is 0. The van der Waals surface area contributed by atoms with Crippen LogP contribution in [-0.4, -0.2) is 21.4 Å². The normalized spacial score (nSPS) is 4.36. The number of aromatic nitrogens is 1. The van der Waals surface area contributed by atoms with E-state index in [9.17, 15) is 0 Å². The summed E-state index contributed by atoms with van der Waals surface area (Å²) in [6, 6.07) is 5.72. The average molecular weight is 201 g/mol. The number of rotatable bonds is 0. The molecule has 0 fully saturated rings. The number of nitrogens with zero attached hydrogens (tertiary/aromatic N) is 1. The fourth-order valence-corrected chi connectivity index (χ4v) is 0.313. The number of hydrogen-bond acceptors (Lipinski definition) is 4. The van der Waals surface area contributed by atoms with Crippen molar-refractivity contribution in [3.05, 3.63) is 30.6 Å². The Morgan fingerprint density at radius 2 is 1.09 bits per heavy atom. The molecule has 0 aliphatic heterocycles. The maximum Gasteiger partial charge on any atom is 4.00 e. The maximum absolute atomic E-state index is 3.78. The van der Waals surface area contributed by atoms with Gasteiger partial charge >= 0.3 is 17.4 Å². The summed E-state index contributed by atoms with van der Waals surface area (Å²) < 4.78 is 0. The minimum atomic E-state index is 0. The molecule has 0 aliphatic rings. The summed E-state index contributed by atoms with van der Waals surface area (Å²) in [6.07, 6.45) is 3.50. The van der Waals surface area contributed by atoms with Crippen molar-refractivity contribution in [1.29, 1.82) is 0 Å². The zero-order chi connectivity index (χ0) is 4.24. The van der Waals surface area contributed by atoms with Gasteiger partial charge in [-0.3, -0.25) is 4.98 Å². The van der Waals surface area contributed by atoms with Gasteiger partial charge in [-0.15, -0.1) is 0 Å². The van der Waals surface area contributed by atoms with Crippen molar-refractivity contribution in [2.45, 2.75) is 0 Å². The predicted octanol–water partition coefficient (Wildman–Crippen LogP) is -2.45. The molecule has 11 heavy (non-hydrogen) atoms. The summed E-state index contributed by atoms with van der Waals surface area (Å²) >= 11 is 0. The SMILES string of the molecule is [Cr+4].[F-].[OH-].[OH-].[OH-].c1ccncc1. The van der Waals surface area contributed by atoms with E-state index in [0.717, 1.165) is 0 Å². The van der Waals surface area contributed by atoms with Gasteiger partial charge in [-0.05, 0) is 12.1 Å². The quantitative estimate of drug-likeness (QED) is 0.464. The molecule has 0 bridgehead atoms. The molecule has 1 aromatic rings. The first kappa shape index (κ1) is 31.3. The number of halogens is 1. The number of hydrogen-bond donors (Lipinski definition) is 0. The molecule has 6 heteroatoms. The third-order valence-electron chi connectivity index (χ3n) is 0.566. The zero-order valence-corrected chi connectivity index (χ0v) is 6.74. The van der Waals surface area contributed by atoms with Crippen LogP contribution in [0.5, 0.6) is 0 Å². The van der Waals surface area contributed by atoms with Crippen LogP contribution in [0.25, 0.3) is 0 Å². The van der Waals surface area contributed by atoms with Crippen LogP contribution in [0.2, 0.25) is 0 Å². The number of pyridine rings is 1. The van der Waals surface area contributed by atoms with Gasteiger partial charge in [0.25, 0.3) is 0 Å². The first-order chi connectivity index (χ1) is 3.00. The van der Waals surface area contributed by atoms with E-state index in [1.54, 1.807) is 12.4 Å². The van der Waals surface area contributed by atoms with E-state index >= 15 is 0 Å². The molecule has 1 heterocycles. The van der Waals surface area contributed by atoms with E-state index in [4.69, 9.17) is 0 Å². The molecule has 0 saturated carbocycles. The van der Waals surface area contributed by atoms with Crippen molar-refractivity contribution in [1.82, 2.24) is 4.98 Å². The van der Waals surface area contributed by atoms with E-state index in [1.165, 1.54) is 0 Å². The monoisotopic (exact) mass is 201 g/mol. The largest absolute Gasteiger partial charge is 4.00 e. The van der Waals surface area contributed by atoms with Gasteiger partial charge in [0.2, 0.25) is 0 Å². The molecular formula is C5H8CrFNO3. The Morgan fingerprint density at radius 3 is 1.18 bits per heavy atom. The standard InChI is InChI=1S/C5H5N.Cr.FH.3H2O/c1-2-4-6-5-3-1;;;;;/h1-5H;;1H;3*1H2/q;+4;;;;/p-4. The molecule has 0 atom stereocenters.